The van der Waals surface area contributed by atoms with Crippen molar-refractivity contribution < 1.29 is 9.47 Å². The Bertz CT molecular complexity index is 81.6. The summed E-state index contributed by atoms with van der Waals surface area (Å²) >= 11 is 0. The van der Waals surface area contributed by atoms with Gasteiger partial charge in [0.05, 0.1) is 12.7 Å². The molecule has 0 spiro atoms. The van der Waals surface area contributed by atoms with Crippen molar-refractivity contribution in [3.05, 3.63) is 6.61 Å². The van der Waals surface area contributed by atoms with E-state index in [1.165, 1.54) is 0 Å². The summed E-state index contributed by atoms with van der Waals surface area (Å²) in [6.07, 6.45) is 0.287. The Morgan fingerprint density at radius 3 is 2.36 bits per heavy atom. The minimum atomic E-state index is 0.287. The predicted octanol–water partition coefficient (Wildman–Crippen LogP) is 2.25. The summed E-state index contributed by atoms with van der Waals surface area (Å²) in [5.41, 5.74) is 0. The van der Waals surface area contributed by atoms with Crippen molar-refractivity contribution in [2.24, 2.45) is 5.92 Å². The van der Waals surface area contributed by atoms with Crippen LogP contribution in [0.2, 0.25) is 0 Å². The average molecular weight is 159 g/mol. The molecule has 67 valence electrons. The van der Waals surface area contributed by atoms with Gasteiger partial charge in [0.15, 0.2) is 0 Å². The first-order valence-electron chi connectivity index (χ1n) is 4.23. The third-order valence-electron chi connectivity index (χ3n) is 1.64. The van der Waals surface area contributed by atoms with Crippen LogP contribution in [0, 0.1) is 12.5 Å². The van der Waals surface area contributed by atoms with E-state index < -0.39 is 0 Å². The highest BCUT2D eigenvalue weighted by atomic mass is 16.5. The average Bonchev–Trinajstić information content (AvgIpc) is 1.97. The molecule has 0 rings (SSSR count). The van der Waals surface area contributed by atoms with E-state index in [1.54, 1.807) is 6.61 Å². The maximum absolute atomic E-state index is 5.36. The van der Waals surface area contributed by atoms with Crippen molar-refractivity contribution in [3.8, 4) is 0 Å². The second-order valence-corrected chi connectivity index (χ2v) is 2.91. The fraction of sp³-hybridized carbons (Fsp3) is 0.889. The molecule has 1 unspecified atom stereocenters. The molecule has 0 saturated heterocycles. The third-order valence-corrected chi connectivity index (χ3v) is 1.64. The lowest BCUT2D eigenvalue weighted by atomic mass is 10.1. The van der Waals surface area contributed by atoms with Crippen LogP contribution in [-0.2, 0) is 9.47 Å². The second kappa shape index (κ2) is 6.62. The molecule has 1 radical (unpaired) electrons. The first kappa shape index (κ1) is 10.9. The number of hydrogen-bond acceptors (Lipinski definition) is 2. The highest BCUT2D eigenvalue weighted by Crippen LogP contribution is 2.05. The fourth-order valence-electron chi connectivity index (χ4n) is 0.514. The van der Waals surface area contributed by atoms with Crippen molar-refractivity contribution in [1.29, 1.82) is 0 Å². The van der Waals surface area contributed by atoms with Crippen LogP contribution in [0.3, 0.4) is 0 Å². The molecule has 0 aliphatic rings. The largest absolute Gasteiger partial charge is 0.379 e. The molecule has 0 N–H and O–H groups in total. The van der Waals surface area contributed by atoms with Gasteiger partial charge in [-0.05, 0) is 19.8 Å². The molecule has 0 aliphatic heterocycles. The van der Waals surface area contributed by atoms with Gasteiger partial charge >= 0.3 is 0 Å². The highest BCUT2D eigenvalue weighted by molar-refractivity contribution is 4.58. The predicted molar refractivity (Wildman–Crippen MR) is 46.2 cm³/mol. The molecular weight excluding hydrogens is 140 g/mol. The van der Waals surface area contributed by atoms with Crippen LogP contribution >= 0.6 is 0 Å². The summed E-state index contributed by atoms with van der Waals surface area (Å²) in [7, 11) is 0. The summed E-state index contributed by atoms with van der Waals surface area (Å²) < 4.78 is 10.4. The number of ether oxygens (including phenoxy) is 2. The lowest BCUT2D eigenvalue weighted by molar-refractivity contribution is 0.0409. The molecule has 1 atom stereocenters. The molecule has 0 amide bonds. The molecule has 0 aliphatic carbocycles. The standard InChI is InChI=1S/C9H19O2/c1-5-10-6-7-11-9(4)8(2)3/h7-9H,5-6H2,1-4H3. The molecule has 0 aromatic carbocycles. The molecule has 2 nitrogen and oxygen atoms in total. The van der Waals surface area contributed by atoms with E-state index in [0.29, 0.717) is 12.5 Å². The zero-order chi connectivity index (χ0) is 8.69. The van der Waals surface area contributed by atoms with Crippen molar-refractivity contribution in [2.75, 3.05) is 13.2 Å². The topological polar surface area (TPSA) is 18.5 Å². The maximum Gasteiger partial charge on any atom is 0.110 e. The summed E-state index contributed by atoms with van der Waals surface area (Å²) in [4.78, 5) is 0. The van der Waals surface area contributed by atoms with E-state index in [-0.39, 0.29) is 6.10 Å². The Morgan fingerprint density at radius 1 is 1.27 bits per heavy atom. The van der Waals surface area contributed by atoms with Crippen LogP contribution in [0.4, 0.5) is 0 Å². The Balaban J connectivity index is 3.10. The first-order valence-corrected chi connectivity index (χ1v) is 4.23. The Kier molecular flexibility index (Phi) is 6.57. The summed E-state index contributed by atoms with van der Waals surface area (Å²) in [6, 6.07) is 0. The van der Waals surface area contributed by atoms with Gasteiger partial charge in [-0.25, -0.2) is 0 Å². The molecule has 2 heteroatoms. The van der Waals surface area contributed by atoms with Crippen molar-refractivity contribution in [3.63, 3.8) is 0 Å². The van der Waals surface area contributed by atoms with Gasteiger partial charge in [0.1, 0.15) is 6.61 Å². The van der Waals surface area contributed by atoms with Gasteiger partial charge in [-0.15, -0.1) is 0 Å². The summed E-state index contributed by atoms with van der Waals surface area (Å²) in [5.74, 6) is 0.563. The molecule has 0 bridgehead atoms. The normalized spacial score (nSPS) is 13.9. The summed E-state index contributed by atoms with van der Waals surface area (Å²) in [5, 5.41) is 0. The summed E-state index contributed by atoms with van der Waals surface area (Å²) in [6.45, 7) is 11.4. The Morgan fingerprint density at radius 2 is 1.91 bits per heavy atom. The second-order valence-electron chi connectivity index (χ2n) is 2.91. The zero-order valence-corrected chi connectivity index (χ0v) is 7.96. The van der Waals surface area contributed by atoms with Gasteiger partial charge in [-0.1, -0.05) is 13.8 Å². The third kappa shape index (κ3) is 6.32. The van der Waals surface area contributed by atoms with Gasteiger partial charge in [-0.3, -0.25) is 0 Å². The van der Waals surface area contributed by atoms with E-state index in [4.69, 9.17) is 9.47 Å². The van der Waals surface area contributed by atoms with Crippen LogP contribution in [0.15, 0.2) is 0 Å². The molecule has 0 fully saturated rings. The van der Waals surface area contributed by atoms with E-state index in [0.717, 1.165) is 6.61 Å². The molecule has 0 aromatic rings. The van der Waals surface area contributed by atoms with Gasteiger partial charge in [0, 0.05) is 6.61 Å². The van der Waals surface area contributed by atoms with Crippen molar-refractivity contribution >= 4 is 0 Å². The quantitative estimate of drug-likeness (QED) is 0.553. The monoisotopic (exact) mass is 159 g/mol. The molecule has 0 aromatic heterocycles. The SMILES string of the molecule is CCOC[CH]OC(C)C(C)C. The van der Waals surface area contributed by atoms with E-state index in [1.807, 2.05) is 6.92 Å². The van der Waals surface area contributed by atoms with Gasteiger partial charge in [0.25, 0.3) is 0 Å². The minimum Gasteiger partial charge on any atom is -0.379 e. The minimum absolute atomic E-state index is 0.287. The first-order chi connectivity index (χ1) is 5.18. The van der Waals surface area contributed by atoms with Crippen LogP contribution in [0.5, 0.6) is 0 Å². The van der Waals surface area contributed by atoms with Crippen molar-refractivity contribution in [1.82, 2.24) is 0 Å². The van der Waals surface area contributed by atoms with Crippen LogP contribution < -0.4 is 0 Å². The van der Waals surface area contributed by atoms with Gasteiger partial charge < -0.3 is 9.47 Å². The molecule has 0 heterocycles. The lowest BCUT2D eigenvalue weighted by Gasteiger charge is -2.15. The zero-order valence-electron chi connectivity index (χ0n) is 7.96. The van der Waals surface area contributed by atoms with E-state index in [2.05, 4.69) is 20.8 Å². The van der Waals surface area contributed by atoms with E-state index in [9.17, 15) is 0 Å². The molecular formula is C9H19O2. The molecule has 0 saturated carbocycles. The molecule has 11 heavy (non-hydrogen) atoms. The van der Waals surface area contributed by atoms with E-state index >= 15 is 0 Å². The lowest BCUT2D eigenvalue weighted by Crippen LogP contribution is -2.15. The number of hydrogen-bond donors (Lipinski definition) is 0. The Labute approximate surface area is 69.9 Å². The maximum atomic E-state index is 5.36. The smallest absolute Gasteiger partial charge is 0.110 e. The van der Waals surface area contributed by atoms with Gasteiger partial charge in [0.2, 0.25) is 0 Å². The van der Waals surface area contributed by atoms with Crippen LogP contribution in [0.1, 0.15) is 27.7 Å². The van der Waals surface area contributed by atoms with Gasteiger partial charge in [-0.2, -0.15) is 0 Å². The fourth-order valence-corrected chi connectivity index (χ4v) is 0.514. The van der Waals surface area contributed by atoms with Crippen LogP contribution in [-0.4, -0.2) is 19.3 Å². The highest BCUT2D eigenvalue weighted by Gasteiger charge is 2.05. The Hall–Kier alpha value is -0.0800. The van der Waals surface area contributed by atoms with Crippen LogP contribution in [0.25, 0.3) is 0 Å². The number of rotatable bonds is 6. The van der Waals surface area contributed by atoms with Crippen molar-refractivity contribution in [2.45, 2.75) is 33.8 Å².